The quantitative estimate of drug-likeness (QED) is 0.829. The molecule has 1 aromatic carbocycles. The minimum Gasteiger partial charge on any atom is -0.369 e. The van der Waals surface area contributed by atoms with Crippen molar-refractivity contribution in [2.45, 2.75) is 0 Å². The maximum atomic E-state index is 13.2. The highest BCUT2D eigenvalue weighted by Gasteiger charge is 2.11. The molecule has 0 amide bonds. The zero-order chi connectivity index (χ0) is 9.97. The molecule has 1 aliphatic heterocycles. The molecule has 0 spiro atoms. The van der Waals surface area contributed by atoms with Crippen molar-refractivity contribution in [2.75, 3.05) is 31.1 Å². The molecule has 1 saturated heterocycles. The maximum Gasteiger partial charge on any atom is 0.139 e. The molecule has 0 radical (unpaired) electrons. The molecule has 0 bridgehead atoms. The van der Waals surface area contributed by atoms with Crippen LogP contribution in [0.4, 0.5) is 10.1 Å². The third-order valence-corrected chi connectivity index (χ3v) is 3.03. The van der Waals surface area contributed by atoms with Crippen molar-refractivity contribution in [1.82, 2.24) is 5.32 Å². The number of piperazine rings is 1. The van der Waals surface area contributed by atoms with E-state index in [9.17, 15) is 4.39 Å². The van der Waals surface area contributed by atoms with E-state index < -0.39 is 0 Å². The van der Waals surface area contributed by atoms with Gasteiger partial charge in [0, 0.05) is 31.9 Å². The fourth-order valence-corrected chi connectivity index (χ4v) is 1.85. The molecule has 0 unspecified atom stereocenters. The topological polar surface area (TPSA) is 15.3 Å². The number of benzene rings is 1. The fraction of sp³-hybridized carbons (Fsp3) is 0.400. The van der Waals surface area contributed by atoms with Crippen LogP contribution in [0.1, 0.15) is 0 Å². The Labute approximate surface area is 91.2 Å². The summed E-state index contributed by atoms with van der Waals surface area (Å²) in [5.41, 5.74) is 0.965. The number of anilines is 1. The van der Waals surface area contributed by atoms with E-state index in [2.05, 4.69) is 26.1 Å². The van der Waals surface area contributed by atoms with Gasteiger partial charge in [-0.1, -0.05) is 0 Å². The highest BCUT2D eigenvalue weighted by Crippen LogP contribution is 2.22. The fourth-order valence-electron chi connectivity index (χ4n) is 1.60. The number of nitrogens with zero attached hydrogens (tertiary/aromatic N) is 1. The summed E-state index contributed by atoms with van der Waals surface area (Å²) in [6.07, 6.45) is 0. The zero-order valence-corrected chi connectivity index (χ0v) is 9.35. The maximum absolute atomic E-state index is 13.2. The van der Waals surface area contributed by atoms with E-state index in [1.807, 2.05) is 6.07 Å². The largest absolute Gasteiger partial charge is 0.369 e. The molecule has 1 N–H and O–H groups in total. The summed E-state index contributed by atoms with van der Waals surface area (Å²) in [4.78, 5) is 2.19. The van der Waals surface area contributed by atoms with Crippen LogP contribution < -0.4 is 10.2 Å². The Morgan fingerprint density at radius 2 is 2.00 bits per heavy atom. The molecule has 1 heterocycles. The highest BCUT2D eigenvalue weighted by atomic mass is 79.9. The molecule has 2 rings (SSSR count). The van der Waals surface area contributed by atoms with Crippen molar-refractivity contribution >= 4 is 21.6 Å². The van der Waals surface area contributed by atoms with Crippen LogP contribution in [0.3, 0.4) is 0 Å². The predicted molar refractivity (Wildman–Crippen MR) is 59.2 cm³/mol. The second kappa shape index (κ2) is 4.28. The van der Waals surface area contributed by atoms with Crippen LogP contribution in [0.25, 0.3) is 0 Å². The van der Waals surface area contributed by atoms with Crippen molar-refractivity contribution < 1.29 is 4.39 Å². The van der Waals surface area contributed by atoms with Crippen LogP contribution >= 0.6 is 15.9 Å². The Kier molecular flexibility index (Phi) is 3.03. The highest BCUT2D eigenvalue weighted by molar-refractivity contribution is 9.10. The van der Waals surface area contributed by atoms with Gasteiger partial charge in [-0.05, 0) is 34.1 Å². The van der Waals surface area contributed by atoms with E-state index in [1.165, 1.54) is 0 Å². The third kappa shape index (κ3) is 2.07. The summed E-state index contributed by atoms with van der Waals surface area (Å²) in [5, 5.41) is 3.27. The first kappa shape index (κ1) is 9.93. The SMILES string of the molecule is Fc1cc(N2CCNCC2)ccc1Br. The summed E-state index contributed by atoms with van der Waals surface area (Å²) < 4.78 is 13.8. The van der Waals surface area contributed by atoms with Crippen LogP contribution in [-0.2, 0) is 0 Å². The molecule has 1 aromatic rings. The molecular weight excluding hydrogens is 247 g/mol. The lowest BCUT2D eigenvalue weighted by Crippen LogP contribution is -2.43. The van der Waals surface area contributed by atoms with Crippen LogP contribution in [-0.4, -0.2) is 26.2 Å². The van der Waals surface area contributed by atoms with Gasteiger partial charge in [-0.2, -0.15) is 0 Å². The minimum absolute atomic E-state index is 0.193. The van der Waals surface area contributed by atoms with Crippen molar-refractivity contribution in [3.8, 4) is 0 Å². The number of hydrogen-bond donors (Lipinski definition) is 1. The normalized spacial score (nSPS) is 17.1. The standard InChI is InChI=1S/C10H12BrFN2/c11-9-2-1-8(7-10(9)12)14-5-3-13-4-6-14/h1-2,7,13H,3-6H2. The van der Waals surface area contributed by atoms with Gasteiger partial charge in [0.2, 0.25) is 0 Å². The average Bonchev–Trinajstić information content (AvgIpc) is 2.23. The smallest absolute Gasteiger partial charge is 0.139 e. The molecule has 14 heavy (non-hydrogen) atoms. The lowest BCUT2D eigenvalue weighted by atomic mass is 10.2. The van der Waals surface area contributed by atoms with Crippen LogP contribution in [0.5, 0.6) is 0 Å². The predicted octanol–water partition coefficient (Wildman–Crippen LogP) is 2.00. The van der Waals surface area contributed by atoms with E-state index >= 15 is 0 Å². The molecule has 4 heteroatoms. The monoisotopic (exact) mass is 258 g/mol. The average molecular weight is 259 g/mol. The van der Waals surface area contributed by atoms with Crippen LogP contribution in [0.15, 0.2) is 22.7 Å². The molecule has 76 valence electrons. The lowest BCUT2D eigenvalue weighted by Gasteiger charge is -2.29. The van der Waals surface area contributed by atoms with Gasteiger partial charge in [-0.15, -0.1) is 0 Å². The molecule has 1 aliphatic rings. The first-order chi connectivity index (χ1) is 6.77. The van der Waals surface area contributed by atoms with Crippen LogP contribution in [0, 0.1) is 5.82 Å². The second-order valence-corrected chi connectivity index (χ2v) is 4.19. The minimum atomic E-state index is -0.193. The Morgan fingerprint density at radius 1 is 1.29 bits per heavy atom. The van der Waals surface area contributed by atoms with E-state index in [4.69, 9.17) is 0 Å². The van der Waals surface area contributed by atoms with Gasteiger partial charge < -0.3 is 10.2 Å². The van der Waals surface area contributed by atoms with Crippen molar-refractivity contribution in [3.63, 3.8) is 0 Å². The van der Waals surface area contributed by atoms with Crippen molar-refractivity contribution in [3.05, 3.63) is 28.5 Å². The second-order valence-electron chi connectivity index (χ2n) is 3.34. The Balaban J connectivity index is 2.18. The molecule has 0 aliphatic carbocycles. The summed E-state index contributed by atoms with van der Waals surface area (Å²) in [7, 11) is 0. The van der Waals surface area contributed by atoms with Gasteiger partial charge in [0.1, 0.15) is 5.82 Å². The number of nitrogens with one attached hydrogen (secondary N) is 1. The first-order valence-corrected chi connectivity index (χ1v) is 5.47. The van der Waals surface area contributed by atoms with Crippen LogP contribution in [0.2, 0.25) is 0 Å². The summed E-state index contributed by atoms with van der Waals surface area (Å²) >= 11 is 3.15. The van der Waals surface area contributed by atoms with Gasteiger partial charge in [-0.3, -0.25) is 0 Å². The van der Waals surface area contributed by atoms with Gasteiger partial charge in [-0.25, -0.2) is 4.39 Å². The summed E-state index contributed by atoms with van der Waals surface area (Å²) in [5.74, 6) is -0.193. The third-order valence-electron chi connectivity index (χ3n) is 2.39. The molecule has 0 saturated carbocycles. The number of halogens is 2. The molecule has 0 atom stereocenters. The summed E-state index contributed by atoms with van der Waals surface area (Å²) in [6.45, 7) is 3.83. The van der Waals surface area contributed by atoms with Crippen molar-refractivity contribution in [2.24, 2.45) is 0 Å². The molecule has 1 fully saturated rings. The van der Waals surface area contributed by atoms with E-state index in [1.54, 1.807) is 12.1 Å². The zero-order valence-electron chi connectivity index (χ0n) is 7.76. The Bertz CT molecular complexity index is 324. The Morgan fingerprint density at radius 3 is 2.64 bits per heavy atom. The van der Waals surface area contributed by atoms with Crippen molar-refractivity contribution in [1.29, 1.82) is 0 Å². The number of rotatable bonds is 1. The van der Waals surface area contributed by atoms with E-state index in [0.29, 0.717) is 4.47 Å². The Hall–Kier alpha value is -0.610. The molecular formula is C10H12BrFN2. The van der Waals surface area contributed by atoms with Gasteiger partial charge >= 0.3 is 0 Å². The lowest BCUT2D eigenvalue weighted by molar-refractivity contribution is 0.584. The molecule has 2 nitrogen and oxygen atoms in total. The van der Waals surface area contributed by atoms with Gasteiger partial charge in [0.05, 0.1) is 4.47 Å². The first-order valence-electron chi connectivity index (χ1n) is 4.68. The number of hydrogen-bond acceptors (Lipinski definition) is 2. The molecule has 0 aromatic heterocycles. The summed E-state index contributed by atoms with van der Waals surface area (Å²) in [6, 6.07) is 5.28. The van der Waals surface area contributed by atoms with E-state index in [0.717, 1.165) is 31.9 Å². The van der Waals surface area contributed by atoms with Gasteiger partial charge in [0.25, 0.3) is 0 Å². The van der Waals surface area contributed by atoms with Gasteiger partial charge in [0.15, 0.2) is 0 Å². The van der Waals surface area contributed by atoms with E-state index in [-0.39, 0.29) is 5.82 Å².